The lowest BCUT2D eigenvalue weighted by atomic mass is 9.88. The predicted molar refractivity (Wildman–Crippen MR) is 152 cm³/mol. The van der Waals surface area contributed by atoms with E-state index in [1.165, 1.54) is 5.56 Å². The number of primary amides is 1. The Bertz CT molecular complexity index is 1350. The van der Waals surface area contributed by atoms with Gasteiger partial charge < -0.3 is 21.3 Å². The van der Waals surface area contributed by atoms with E-state index in [1.807, 2.05) is 54.6 Å². The fourth-order valence-corrected chi connectivity index (χ4v) is 5.12. The van der Waals surface area contributed by atoms with Crippen LogP contribution in [0.25, 0.3) is 10.9 Å². The third kappa shape index (κ3) is 6.83. The van der Waals surface area contributed by atoms with E-state index in [0.29, 0.717) is 24.8 Å². The molecule has 0 bridgehead atoms. The number of pyridine rings is 1. The summed E-state index contributed by atoms with van der Waals surface area (Å²) < 4.78 is 0. The van der Waals surface area contributed by atoms with Gasteiger partial charge in [-0.15, -0.1) is 0 Å². The van der Waals surface area contributed by atoms with Gasteiger partial charge in [0, 0.05) is 18.1 Å². The van der Waals surface area contributed by atoms with Crippen LogP contribution in [0.3, 0.4) is 0 Å². The van der Waals surface area contributed by atoms with E-state index in [0.717, 1.165) is 73.4 Å². The van der Waals surface area contributed by atoms with Gasteiger partial charge in [0.2, 0.25) is 11.9 Å². The van der Waals surface area contributed by atoms with Crippen molar-refractivity contribution in [3.05, 3.63) is 89.7 Å². The number of nitrogens with zero attached hydrogens (tertiary/aromatic N) is 4. The minimum absolute atomic E-state index is 0.281. The van der Waals surface area contributed by atoms with Crippen LogP contribution in [0.2, 0.25) is 0 Å². The Kier molecular flexibility index (Phi) is 8.40. The van der Waals surface area contributed by atoms with Gasteiger partial charge in [-0.05, 0) is 80.2 Å². The summed E-state index contributed by atoms with van der Waals surface area (Å²) >= 11 is 0. The number of para-hydroxylation sites is 1. The van der Waals surface area contributed by atoms with Gasteiger partial charge in [-0.25, -0.2) is 4.98 Å². The fourth-order valence-electron chi connectivity index (χ4n) is 5.12. The molecule has 0 aliphatic carbocycles. The Morgan fingerprint density at radius 3 is 2.63 bits per heavy atom. The number of amides is 1. The summed E-state index contributed by atoms with van der Waals surface area (Å²) in [7, 11) is 0. The first-order valence-electron chi connectivity index (χ1n) is 13.4. The van der Waals surface area contributed by atoms with Crippen LogP contribution in [0.1, 0.15) is 42.0 Å². The number of carbonyl (C=O) groups is 1. The molecule has 196 valence electrons. The second-order valence-electron chi connectivity index (χ2n) is 9.87. The zero-order valence-corrected chi connectivity index (χ0v) is 21.6. The molecule has 38 heavy (non-hydrogen) atoms. The third-order valence-electron chi connectivity index (χ3n) is 7.09. The maximum atomic E-state index is 11.3. The van der Waals surface area contributed by atoms with Crippen molar-refractivity contribution in [3.63, 3.8) is 0 Å². The van der Waals surface area contributed by atoms with Crippen LogP contribution in [0, 0.1) is 0 Å². The van der Waals surface area contributed by atoms with Gasteiger partial charge in [0.1, 0.15) is 5.82 Å². The molecule has 2 aromatic carbocycles. The van der Waals surface area contributed by atoms with Gasteiger partial charge in [-0.2, -0.15) is 4.98 Å². The molecular formula is C30H35N7O. The average Bonchev–Trinajstić information content (AvgIpc) is 2.95. The van der Waals surface area contributed by atoms with Crippen LogP contribution in [0.5, 0.6) is 0 Å². The van der Waals surface area contributed by atoms with E-state index >= 15 is 0 Å². The van der Waals surface area contributed by atoms with Crippen LogP contribution in [0.15, 0.2) is 72.9 Å². The summed E-state index contributed by atoms with van der Waals surface area (Å²) in [5.41, 5.74) is 9.58. The van der Waals surface area contributed by atoms with Crippen molar-refractivity contribution >= 4 is 28.6 Å². The van der Waals surface area contributed by atoms with Gasteiger partial charge in [-0.1, -0.05) is 42.5 Å². The van der Waals surface area contributed by atoms with Gasteiger partial charge in [-0.3, -0.25) is 9.78 Å². The zero-order chi connectivity index (χ0) is 26.2. The number of piperidine rings is 1. The van der Waals surface area contributed by atoms with Crippen molar-refractivity contribution in [1.82, 2.24) is 19.9 Å². The molecule has 0 radical (unpaired) electrons. The number of benzene rings is 2. The molecule has 1 fully saturated rings. The number of fused-ring (bicyclic) bond motifs is 1. The number of nitrogens with two attached hydrogens (primary N) is 1. The molecule has 1 aliphatic rings. The second kappa shape index (κ2) is 12.5. The first-order valence-corrected chi connectivity index (χ1v) is 13.4. The van der Waals surface area contributed by atoms with E-state index in [2.05, 4.69) is 32.7 Å². The highest BCUT2D eigenvalue weighted by Crippen LogP contribution is 2.29. The Balaban J connectivity index is 1.11. The highest BCUT2D eigenvalue weighted by molar-refractivity contribution is 5.90. The first-order chi connectivity index (χ1) is 18.6. The number of hydrogen-bond acceptors (Lipinski definition) is 7. The van der Waals surface area contributed by atoms with E-state index in [1.54, 1.807) is 6.20 Å². The molecule has 0 atom stereocenters. The first kappa shape index (κ1) is 25.6. The number of carbonyl (C=O) groups excluding carboxylic acids is 1. The van der Waals surface area contributed by atoms with Crippen LogP contribution in [-0.4, -0.2) is 51.9 Å². The molecule has 0 saturated carbocycles. The molecule has 4 aromatic rings. The largest absolute Gasteiger partial charge is 0.369 e. The van der Waals surface area contributed by atoms with Gasteiger partial charge in [0.05, 0.1) is 24.2 Å². The standard InChI is InChI=1S/C30H35N7O/c31-28(38)20-22-7-5-8-24(19-22)23-12-17-37(18-13-23)16-6-15-33-30-35-27-11-2-1-10-26(27)29(36-30)34-21-25-9-3-4-14-32-25/h1-5,7-11,14,19,23H,6,12-13,15-18,20-21H2,(H2,31,38)(H2,33,34,35,36). The molecule has 4 N–H and O–H groups in total. The van der Waals surface area contributed by atoms with E-state index in [9.17, 15) is 4.79 Å². The molecule has 1 amide bonds. The van der Waals surface area contributed by atoms with Gasteiger partial charge in [0.15, 0.2) is 0 Å². The molecule has 0 spiro atoms. The molecular weight excluding hydrogens is 474 g/mol. The van der Waals surface area contributed by atoms with Crippen molar-refractivity contribution in [1.29, 1.82) is 0 Å². The lowest BCUT2D eigenvalue weighted by Gasteiger charge is -2.32. The second-order valence-corrected chi connectivity index (χ2v) is 9.87. The molecule has 1 saturated heterocycles. The summed E-state index contributed by atoms with van der Waals surface area (Å²) in [6.07, 6.45) is 5.39. The Morgan fingerprint density at radius 2 is 1.82 bits per heavy atom. The van der Waals surface area contributed by atoms with Crippen LogP contribution in [-0.2, 0) is 17.8 Å². The van der Waals surface area contributed by atoms with Crippen LogP contribution < -0.4 is 16.4 Å². The smallest absolute Gasteiger partial charge is 0.225 e. The van der Waals surface area contributed by atoms with Crippen molar-refractivity contribution < 1.29 is 4.79 Å². The maximum Gasteiger partial charge on any atom is 0.225 e. The Hall–Kier alpha value is -4.04. The van der Waals surface area contributed by atoms with Crippen molar-refractivity contribution in [3.8, 4) is 0 Å². The summed E-state index contributed by atoms with van der Waals surface area (Å²) in [4.78, 5) is 27.7. The minimum atomic E-state index is -0.281. The molecule has 1 aliphatic heterocycles. The molecule has 5 rings (SSSR count). The molecule has 8 heteroatoms. The lowest BCUT2D eigenvalue weighted by Crippen LogP contribution is -2.34. The minimum Gasteiger partial charge on any atom is -0.369 e. The number of rotatable bonds is 11. The Morgan fingerprint density at radius 1 is 0.974 bits per heavy atom. The number of likely N-dealkylation sites (tertiary alicyclic amines) is 1. The maximum absolute atomic E-state index is 11.3. The predicted octanol–water partition coefficient (Wildman–Crippen LogP) is 4.35. The van der Waals surface area contributed by atoms with Crippen LogP contribution in [0.4, 0.5) is 11.8 Å². The van der Waals surface area contributed by atoms with E-state index in [-0.39, 0.29) is 5.91 Å². The van der Waals surface area contributed by atoms with Crippen molar-refractivity contribution in [2.45, 2.75) is 38.1 Å². The normalized spacial score (nSPS) is 14.4. The fraction of sp³-hybridized carbons (Fsp3) is 0.333. The topological polar surface area (TPSA) is 109 Å². The van der Waals surface area contributed by atoms with Crippen LogP contribution >= 0.6 is 0 Å². The monoisotopic (exact) mass is 509 g/mol. The molecule has 8 nitrogen and oxygen atoms in total. The van der Waals surface area contributed by atoms with Gasteiger partial charge in [0.25, 0.3) is 0 Å². The quantitative estimate of drug-likeness (QED) is 0.258. The van der Waals surface area contributed by atoms with E-state index < -0.39 is 0 Å². The highest BCUT2D eigenvalue weighted by atomic mass is 16.1. The van der Waals surface area contributed by atoms with Gasteiger partial charge >= 0.3 is 0 Å². The summed E-state index contributed by atoms with van der Waals surface area (Å²) in [6.45, 7) is 4.62. The SMILES string of the molecule is NC(=O)Cc1cccc(C2CCN(CCCNc3nc(NCc4ccccn4)c4ccccc4n3)CC2)c1. The van der Waals surface area contributed by atoms with E-state index in [4.69, 9.17) is 15.7 Å². The summed E-state index contributed by atoms with van der Waals surface area (Å²) in [5, 5.41) is 7.86. The van der Waals surface area contributed by atoms with Crippen molar-refractivity contribution in [2.75, 3.05) is 36.8 Å². The average molecular weight is 510 g/mol. The highest BCUT2D eigenvalue weighted by Gasteiger charge is 2.20. The molecule has 3 heterocycles. The summed E-state index contributed by atoms with van der Waals surface area (Å²) in [6, 6.07) is 22.3. The number of aromatic nitrogens is 3. The third-order valence-corrected chi connectivity index (χ3v) is 7.09. The van der Waals surface area contributed by atoms with Crippen molar-refractivity contribution in [2.24, 2.45) is 5.73 Å². The Labute approximate surface area is 223 Å². The number of hydrogen-bond donors (Lipinski definition) is 3. The summed E-state index contributed by atoms with van der Waals surface area (Å²) in [5.74, 6) is 1.71. The molecule has 2 aromatic heterocycles. The number of anilines is 2. The lowest BCUT2D eigenvalue weighted by molar-refractivity contribution is -0.117. The number of nitrogens with one attached hydrogen (secondary N) is 2. The zero-order valence-electron chi connectivity index (χ0n) is 21.6. The molecule has 0 unspecified atom stereocenters.